The first kappa shape index (κ1) is 9.76. The molecule has 1 heteroatoms. The highest BCUT2D eigenvalue weighted by Gasteiger charge is 2.32. The van der Waals surface area contributed by atoms with Crippen molar-refractivity contribution < 1.29 is 0 Å². The van der Waals surface area contributed by atoms with E-state index < -0.39 is 0 Å². The van der Waals surface area contributed by atoms with Crippen LogP contribution in [0.5, 0.6) is 0 Å². The zero-order valence-electron chi connectivity index (χ0n) is 10.5. The van der Waals surface area contributed by atoms with Crippen LogP contribution >= 0.6 is 0 Å². The minimum atomic E-state index is 0.379. The lowest BCUT2D eigenvalue weighted by Crippen LogP contribution is -2.16. The average molecular weight is 243 g/mol. The minimum absolute atomic E-state index is 0.379. The molecule has 2 aliphatic rings. The predicted molar refractivity (Wildman–Crippen MR) is 78.1 cm³/mol. The first-order valence-electron chi connectivity index (χ1n) is 6.81. The summed E-state index contributed by atoms with van der Waals surface area (Å²) in [5.74, 6) is 0. The van der Waals surface area contributed by atoms with Gasteiger partial charge in [0.15, 0.2) is 0 Å². The SMILES string of the molecule is c1ccc2c(c1)-c1cccc3ccc4c(c13)C2NC4. The van der Waals surface area contributed by atoms with E-state index in [0.29, 0.717) is 6.04 Å². The van der Waals surface area contributed by atoms with Crippen LogP contribution in [0.25, 0.3) is 21.9 Å². The van der Waals surface area contributed by atoms with Gasteiger partial charge in [-0.1, -0.05) is 54.6 Å². The van der Waals surface area contributed by atoms with Gasteiger partial charge in [0.25, 0.3) is 0 Å². The Hall–Kier alpha value is -2.12. The van der Waals surface area contributed by atoms with Crippen molar-refractivity contribution in [2.24, 2.45) is 0 Å². The van der Waals surface area contributed by atoms with Gasteiger partial charge in [-0.05, 0) is 38.6 Å². The van der Waals surface area contributed by atoms with Crippen LogP contribution in [0.15, 0.2) is 54.6 Å². The second-order valence-electron chi connectivity index (χ2n) is 5.44. The van der Waals surface area contributed by atoms with Crippen LogP contribution in [-0.2, 0) is 6.54 Å². The summed E-state index contributed by atoms with van der Waals surface area (Å²) < 4.78 is 0. The van der Waals surface area contributed by atoms with Crippen LogP contribution in [0.3, 0.4) is 0 Å². The van der Waals surface area contributed by atoms with Gasteiger partial charge < -0.3 is 5.32 Å². The van der Waals surface area contributed by atoms with E-state index >= 15 is 0 Å². The van der Waals surface area contributed by atoms with Gasteiger partial charge in [0.1, 0.15) is 0 Å². The van der Waals surface area contributed by atoms with Crippen LogP contribution in [0, 0.1) is 0 Å². The van der Waals surface area contributed by atoms with Crippen molar-refractivity contribution in [3.05, 3.63) is 71.3 Å². The molecule has 90 valence electrons. The number of rotatable bonds is 0. The van der Waals surface area contributed by atoms with E-state index in [9.17, 15) is 0 Å². The Kier molecular flexibility index (Phi) is 1.67. The summed E-state index contributed by atoms with van der Waals surface area (Å²) in [5.41, 5.74) is 7.17. The highest BCUT2D eigenvalue weighted by molar-refractivity contribution is 6.03. The highest BCUT2D eigenvalue weighted by atomic mass is 14.9. The maximum atomic E-state index is 3.66. The molecule has 1 unspecified atom stereocenters. The summed E-state index contributed by atoms with van der Waals surface area (Å²) in [6.45, 7) is 0.985. The summed E-state index contributed by atoms with van der Waals surface area (Å²) in [5, 5.41) is 6.48. The molecule has 5 rings (SSSR count). The normalized spacial score (nSPS) is 18.6. The van der Waals surface area contributed by atoms with Gasteiger partial charge in [-0.3, -0.25) is 0 Å². The Morgan fingerprint density at radius 2 is 1.74 bits per heavy atom. The molecule has 3 aromatic rings. The van der Waals surface area contributed by atoms with Gasteiger partial charge in [0, 0.05) is 6.54 Å². The van der Waals surface area contributed by atoms with Gasteiger partial charge in [0.05, 0.1) is 6.04 Å². The van der Waals surface area contributed by atoms with E-state index in [1.54, 1.807) is 0 Å². The van der Waals surface area contributed by atoms with Crippen molar-refractivity contribution >= 4 is 10.8 Å². The number of fused-ring (bicyclic) bond motifs is 3. The van der Waals surface area contributed by atoms with Gasteiger partial charge >= 0.3 is 0 Å². The lowest BCUT2D eigenvalue weighted by Gasteiger charge is -2.25. The second-order valence-corrected chi connectivity index (χ2v) is 5.44. The smallest absolute Gasteiger partial charge is 0.0595 e. The number of hydrogen-bond donors (Lipinski definition) is 1. The van der Waals surface area contributed by atoms with E-state index in [1.807, 2.05) is 0 Å². The van der Waals surface area contributed by atoms with Crippen LogP contribution in [0.1, 0.15) is 22.7 Å². The largest absolute Gasteiger partial charge is 0.302 e. The molecule has 1 atom stereocenters. The molecule has 1 aliphatic heterocycles. The topological polar surface area (TPSA) is 12.0 Å². The molecule has 0 aromatic heterocycles. The molecule has 1 heterocycles. The van der Waals surface area contributed by atoms with Crippen molar-refractivity contribution in [2.75, 3.05) is 0 Å². The van der Waals surface area contributed by atoms with Crippen LogP contribution < -0.4 is 5.32 Å². The molecule has 0 amide bonds. The van der Waals surface area contributed by atoms with E-state index in [0.717, 1.165) is 6.54 Å². The zero-order valence-corrected chi connectivity index (χ0v) is 10.5. The molecule has 0 fully saturated rings. The maximum absolute atomic E-state index is 3.66. The molecule has 0 saturated heterocycles. The van der Waals surface area contributed by atoms with E-state index in [1.165, 1.54) is 38.6 Å². The first-order valence-corrected chi connectivity index (χ1v) is 6.81. The molecule has 1 aliphatic carbocycles. The van der Waals surface area contributed by atoms with Crippen molar-refractivity contribution in [3.8, 4) is 11.1 Å². The van der Waals surface area contributed by atoms with E-state index in [4.69, 9.17) is 0 Å². The Morgan fingerprint density at radius 3 is 2.74 bits per heavy atom. The van der Waals surface area contributed by atoms with Crippen LogP contribution in [0.4, 0.5) is 0 Å². The van der Waals surface area contributed by atoms with Crippen molar-refractivity contribution in [3.63, 3.8) is 0 Å². The molecule has 0 spiro atoms. The molecule has 0 saturated carbocycles. The molecule has 0 radical (unpaired) electrons. The molecule has 3 aromatic carbocycles. The lowest BCUT2D eigenvalue weighted by molar-refractivity contribution is 0.669. The van der Waals surface area contributed by atoms with Gasteiger partial charge in [-0.2, -0.15) is 0 Å². The van der Waals surface area contributed by atoms with Crippen molar-refractivity contribution in [2.45, 2.75) is 12.6 Å². The maximum Gasteiger partial charge on any atom is 0.0595 e. The summed E-state index contributed by atoms with van der Waals surface area (Å²) >= 11 is 0. The van der Waals surface area contributed by atoms with Gasteiger partial charge in [-0.25, -0.2) is 0 Å². The van der Waals surface area contributed by atoms with Gasteiger partial charge in [-0.15, -0.1) is 0 Å². The van der Waals surface area contributed by atoms with E-state index in [2.05, 4.69) is 59.9 Å². The van der Waals surface area contributed by atoms with Crippen molar-refractivity contribution in [1.29, 1.82) is 0 Å². The van der Waals surface area contributed by atoms with Crippen molar-refractivity contribution in [1.82, 2.24) is 5.32 Å². The molecule has 19 heavy (non-hydrogen) atoms. The molecular formula is C18H13N. The number of hydrogen-bond acceptors (Lipinski definition) is 1. The predicted octanol–water partition coefficient (Wildman–Crippen LogP) is 4.01. The zero-order chi connectivity index (χ0) is 12.4. The third kappa shape index (κ3) is 1.09. The highest BCUT2D eigenvalue weighted by Crippen LogP contribution is 2.47. The molecule has 1 N–H and O–H groups in total. The summed E-state index contributed by atoms with van der Waals surface area (Å²) in [7, 11) is 0. The quantitative estimate of drug-likeness (QED) is 0.629. The van der Waals surface area contributed by atoms with E-state index in [-0.39, 0.29) is 0 Å². The molecule has 1 nitrogen and oxygen atoms in total. The summed E-state index contributed by atoms with van der Waals surface area (Å²) in [6, 6.07) is 20.4. The number of benzene rings is 3. The first-order chi connectivity index (χ1) is 9.43. The molecular weight excluding hydrogens is 230 g/mol. The molecule has 0 bridgehead atoms. The Balaban J connectivity index is 2.06. The average Bonchev–Trinajstić information content (AvgIpc) is 2.91. The fourth-order valence-corrected chi connectivity index (χ4v) is 3.73. The minimum Gasteiger partial charge on any atom is -0.302 e. The number of nitrogens with one attached hydrogen (secondary N) is 1. The Morgan fingerprint density at radius 1 is 0.842 bits per heavy atom. The van der Waals surface area contributed by atoms with Crippen LogP contribution in [-0.4, -0.2) is 0 Å². The second kappa shape index (κ2) is 3.25. The Bertz CT molecular complexity index is 832. The monoisotopic (exact) mass is 243 g/mol. The fraction of sp³-hybridized carbons (Fsp3) is 0.111. The third-order valence-electron chi connectivity index (χ3n) is 4.52. The lowest BCUT2D eigenvalue weighted by atomic mass is 9.80. The third-order valence-corrected chi connectivity index (χ3v) is 4.52. The Labute approximate surface area is 111 Å². The summed E-state index contributed by atoms with van der Waals surface area (Å²) in [6.07, 6.45) is 0. The fourth-order valence-electron chi connectivity index (χ4n) is 3.73. The van der Waals surface area contributed by atoms with Gasteiger partial charge in [0.2, 0.25) is 0 Å². The summed E-state index contributed by atoms with van der Waals surface area (Å²) in [4.78, 5) is 0. The van der Waals surface area contributed by atoms with Crippen LogP contribution in [0.2, 0.25) is 0 Å². The standard InChI is InChI=1S/C18H13N/c1-2-6-15-13(5-1)14-7-3-4-11-8-9-12-10-19-18(15)17(12)16(11)14/h1-9,18-19H,10H2.